The summed E-state index contributed by atoms with van der Waals surface area (Å²) in [4.78, 5) is 5.12. The molecular weight excluding hydrogens is 671 g/mol. The summed E-state index contributed by atoms with van der Waals surface area (Å²) in [6.45, 7) is 6.74. The summed E-state index contributed by atoms with van der Waals surface area (Å²) in [6.07, 6.45) is 0. The smallest absolute Gasteiger partial charge is 0.333 e. The maximum atomic E-state index is 6.72. The highest BCUT2D eigenvalue weighted by Gasteiger charge is 2.49. The van der Waals surface area contributed by atoms with Crippen LogP contribution in [0.1, 0.15) is 26.3 Å². The molecule has 260 valence electrons. The maximum Gasteiger partial charge on any atom is 0.333 e. The Labute approximate surface area is 319 Å². The number of benzene rings is 8. The topological polar surface area (TPSA) is 28.9 Å². The van der Waals surface area contributed by atoms with Gasteiger partial charge in [-0.2, -0.15) is 0 Å². The Hall–Kier alpha value is -6.72. The molecule has 4 heterocycles. The first-order valence-corrected chi connectivity index (χ1v) is 19.1. The van der Waals surface area contributed by atoms with Crippen LogP contribution in [0.4, 0.5) is 28.4 Å². The first-order valence-electron chi connectivity index (χ1n) is 19.1. The number of anilines is 5. The minimum absolute atomic E-state index is 0.0335. The minimum atomic E-state index is -0.147. The van der Waals surface area contributed by atoms with Gasteiger partial charge in [0.25, 0.3) is 0 Å². The highest BCUT2D eigenvalue weighted by atomic mass is 16.5. The van der Waals surface area contributed by atoms with Gasteiger partial charge in [0.2, 0.25) is 0 Å². The van der Waals surface area contributed by atoms with Gasteiger partial charge in [0.15, 0.2) is 5.75 Å². The van der Waals surface area contributed by atoms with Gasteiger partial charge in [0.1, 0.15) is 16.9 Å². The molecule has 0 amide bonds. The van der Waals surface area contributed by atoms with Crippen LogP contribution in [0, 0.1) is 0 Å². The van der Waals surface area contributed by atoms with Crippen molar-refractivity contribution >= 4 is 78.9 Å². The second-order valence-corrected chi connectivity index (χ2v) is 16.1. The maximum absolute atomic E-state index is 6.72. The van der Waals surface area contributed by atoms with Crippen LogP contribution < -0.4 is 25.4 Å². The molecule has 0 atom stereocenters. The van der Waals surface area contributed by atoms with Crippen LogP contribution >= 0.6 is 0 Å². The van der Waals surface area contributed by atoms with Crippen molar-refractivity contribution in [1.29, 1.82) is 0 Å². The Balaban J connectivity index is 1.29. The standard InChI is InChI=1S/C50H35BN2O2/c1-50(2,3)32-24-26-38(36(29-32)30-14-5-4-6-15-30)52-40-28-31-16-7-8-17-33(31)45-35-19-13-23-44-48(35)53(39-20-10-12-22-42(39)55-44)51(47(40)45)37-25-27-43-46(49(37)52)34-18-9-11-21-41(34)54-43/h4-29H,1-3H3. The molecule has 12 rings (SSSR count). The summed E-state index contributed by atoms with van der Waals surface area (Å²) in [5, 5.41) is 4.66. The molecule has 8 aromatic carbocycles. The number of furan rings is 1. The van der Waals surface area contributed by atoms with Gasteiger partial charge < -0.3 is 18.9 Å². The minimum Gasteiger partial charge on any atom is -0.456 e. The first kappa shape index (κ1) is 30.7. The SMILES string of the molecule is CC(C)(C)c1ccc(N2c3cc4ccccc4c4c3B(c3ccc5oc6ccccc6c5c32)N2c3ccccc3Oc3cccc-4c32)c(-c2ccccc2)c1. The molecule has 0 saturated heterocycles. The lowest BCUT2D eigenvalue weighted by Gasteiger charge is -2.48. The predicted molar refractivity (Wildman–Crippen MR) is 229 cm³/mol. The number of fused-ring (bicyclic) bond motifs is 12. The molecule has 0 radical (unpaired) electrons. The van der Waals surface area contributed by atoms with Crippen LogP contribution in [0.3, 0.4) is 0 Å². The quantitative estimate of drug-likeness (QED) is 0.167. The molecule has 0 saturated carbocycles. The van der Waals surface area contributed by atoms with Crippen molar-refractivity contribution in [3.63, 3.8) is 0 Å². The highest BCUT2D eigenvalue weighted by molar-refractivity contribution is 6.94. The Bertz CT molecular complexity index is 3090. The van der Waals surface area contributed by atoms with Crippen LogP contribution in [0.25, 0.3) is 55.0 Å². The molecule has 55 heavy (non-hydrogen) atoms. The Morgan fingerprint density at radius 2 is 1.31 bits per heavy atom. The molecule has 3 aliphatic heterocycles. The third-order valence-electron chi connectivity index (χ3n) is 11.9. The van der Waals surface area contributed by atoms with Crippen LogP contribution in [0.5, 0.6) is 11.5 Å². The van der Waals surface area contributed by atoms with Gasteiger partial charge in [-0.1, -0.05) is 130 Å². The van der Waals surface area contributed by atoms with Crippen molar-refractivity contribution in [2.75, 3.05) is 9.71 Å². The van der Waals surface area contributed by atoms with Gasteiger partial charge >= 0.3 is 6.85 Å². The van der Waals surface area contributed by atoms with Gasteiger partial charge in [-0.25, -0.2) is 0 Å². The van der Waals surface area contributed by atoms with E-state index in [0.29, 0.717) is 0 Å². The average Bonchev–Trinajstić information content (AvgIpc) is 3.60. The van der Waals surface area contributed by atoms with Gasteiger partial charge in [0, 0.05) is 22.2 Å². The van der Waals surface area contributed by atoms with E-state index in [1.165, 1.54) is 55.2 Å². The third-order valence-corrected chi connectivity index (χ3v) is 11.9. The summed E-state index contributed by atoms with van der Waals surface area (Å²) in [7, 11) is 0. The predicted octanol–water partition coefficient (Wildman–Crippen LogP) is 12.5. The summed E-state index contributed by atoms with van der Waals surface area (Å²) in [5.74, 6) is 1.74. The molecule has 0 bridgehead atoms. The zero-order valence-corrected chi connectivity index (χ0v) is 30.8. The van der Waals surface area contributed by atoms with Gasteiger partial charge in [-0.3, -0.25) is 0 Å². The van der Waals surface area contributed by atoms with E-state index in [2.05, 4.69) is 188 Å². The molecule has 0 unspecified atom stereocenters. The molecule has 9 aromatic rings. The lowest BCUT2D eigenvalue weighted by molar-refractivity contribution is 0.478. The van der Waals surface area contributed by atoms with Crippen LogP contribution in [0.15, 0.2) is 162 Å². The zero-order chi connectivity index (χ0) is 36.6. The second-order valence-electron chi connectivity index (χ2n) is 16.1. The average molecular weight is 707 g/mol. The number of hydrogen-bond acceptors (Lipinski definition) is 4. The van der Waals surface area contributed by atoms with Crippen molar-refractivity contribution in [3.05, 3.63) is 163 Å². The van der Waals surface area contributed by atoms with Gasteiger partial charge in [-0.15, -0.1) is 0 Å². The van der Waals surface area contributed by atoms with Crippen molar-refractivity contribution in [1.82, 2.24) is 0 Å². The first-order chi connectivity index (χ1) is 26.9. The lowest BCUT2D eigenvalue weighted by Crippen LogP contribution is -2.62. The van der Waals surface area contributed by atoms with E-state index in [9.17, 15) is 0 Å². The number of ether oxygens (including phenoxy) is 1. The molecule has 0 N–H and O–H groups in total. The Kier molecular flexibility index (Phi) is 6.10. The molecule has 5 heteroatoms. The Morgan fingerprint density at radius 1 is 0.545 bits per heavy atom. The van der Waals surface area contributed by atoms with E-state index >= 15 is 0 Å². The third kappa shape index (κ3) is 4.18. The molecule has 1 aromatic heterocycles. The highest BCUT2D eigenvalue weighted by Crippen LogP contribution is 2.57. The van der Waals surface area contributed by atoms with Crippen molar-refractivity contribution < 1.29 is 9.15 Å². The fraction of sp³-hybridized carbons (Fsp3) is 0.0800. The molecule has 4 nitrogen and oxygen atoms in total. The molecule has 0 spiro atoms. The van der Waals surface area contributed by atoms with E-state index in [1.54, 1.807) is 0 Å². The second kappa shape index (κ2) is 10.9. The van der Waals surface area contributed by atoms with Crippen LogP contribution in [0.2, 0.25) is 0 Å². The largest absolute Gasteiger partial charge is 0.456 e. The molecular formula is C50H35BN2O2. The van der Waals surface area contributed by atoms with Gasteiger partial charge in [-0.05, 0) is 92.3 Å². The monoisotopic (exact) mass is 706 g/mol. The van der Waals surface area contributed by atoms with E-state index in [1.807, 2.05) is 0 Å². The van der Waals surface area contributed by atoms with Crippen molar-refractivity contribution in [2.24, 2.45) is 0 Å². The zero-order valence-electron chi connectivity index (χ0n) is 30.8. The van der Waals surface area contributed by atoms with E-state index < -0.39 is 0 Å². The molecule has 3 aliphatic rings. The summed E-state index contributed by atoms with van der Waals surface area (Å²) in [6, 6.07) is 57.3. The summed E-state index contributed by atoms with van der Waals surface area (Å²) in [5.41, 5.74) is 16.0. The number of hydrogen-bond donors (Lipinski definition) is 0. The summed E-state index contributed by atoms with van der Waals surface area (Å²) >= 11 is 0. The number of nitrogens with zero attached hydrogens (tertiary/aromatic N) is 2. The number of para-hydroxylation sites is 4. The van der Waals surface area contributed by atoms with Gasteiger partial charge in [0.05, 0.1) is 28.1 Å². The normalized spacial score (nSPS) is 13.8. The van der Waals surface area contributed by atoms with Crippen molar-refractivity contribution in [3.8, 4) is 33.8 Å². The van der Waals surface area contributed by atoms with Crippen molar-refractivity contribution in [2.45, 2.75) is 26.2 Å². The fourth-order valence-electron chi connectivity index (χ4n) is 9.52. The lowest BCUT2D eigenvalue weighted by atomic mass is 9.43. The van der Waals surface area contributed by atoms with Crippen LogP contribution in [-0.2, 0) is 5.41 Å². The Morgan fingerprint density at radius 3 is 2.18 bits per heavy atom. The fourth-order valence-corrected chi connectivity index (χ4v) is 9.52. The van der Waals surface area contributed by atoms with E-state index in [4.69, 9.17) is 9.15 Å². The van der Waals surface area contributed by atoms with E-state index in [-0.39, 0.29) is 12.3 Å². The summed E-state index contributed by atoms with van der Waals surface area (Å²) < 4.78 is 13.4. The van der Waals surface area contributed by atoms with E-state index in [0.717, 1.165) is 56.2 Å². The molecule has 0 fully saturated rings. The van der Waals surface area contributed by atoms with Crippen LogP contribution in [-0.4, -0.2) is 6.85 Å². The number of rotatable bonds is 2. The molecule has 0 aliphatic carbocycles.